The third-order valence-corrected chi connectivity index (χ3v) is 3.68. The lowest BCUT2D eigenvalue weighted by Crippen LogP contribution is -2.24. The molecule has 1 saturated carbocycles. The van der Waals surface area contributed by atoms with Gasteiger partial charge >= 0.3 is 0 Å². The number of aliphatic hydroxyl groups is 1. The Morgan fingerprint density at radius 2 is 2.00 bits per heavy atom. The summed E-state index contributed by atoms with van der Waals surface area (Å²) in [5.41, 5.74) is 2.08. The maximum absolute atomic E-state index is 9.26. The standard InChI is InChI=1S/C14H21NO/c1-11(12-6-2-3-7-12)15-14-9-5-4-8-13(14)10-16/h4-5,8-9,11-12,15-16H,2-3,6-7,10H2,1H3. The van der Waals surface area contributed by atoms with E-state index in [1.807, 2.05) is 18.2 Å². The van der Waals surface area contributed by atoms with Crippen LogP contribution in [0.1, 0.15) is 38.2 Å². The summed E-state index contributed by atoms with van der Waals surface area (Å²) >= 11 is 0. The summed E-state index contributed by atoms with van der Waals surface area (Å²) < 4.78 is 0. The van der Waals surface area contributed by atoms with Crippen molar-refractivity contribution in [1.82, 2.24) is 0 Å². The Kier molecular flexibility index (Phi) is 3.83. The third-order valence-electron chi connectivity index (χ3n) is 3.68. The van der Waals surface area contributed by atoms with Crippen LogP contribution in [0, 0.1) is 5.92 Å². The first-order valence-corrected chi connectivity index (χ1v) is 6.26. The molecule has 2 rings (SSSR count). The molecule has 2 heteroatoms. The molecule has 0 bridgehead atoms. The van der Waals surface area contributed by atoms with E-state index in [0.29, 0.717) is 6.04 Å². The second-order valence-electron chi connectivity index (χ2n) is 4.79. The van der Waals surface area contributed by atoms with E-state index in [1.54, 1.807) is 0 Å². The van der Waals surface area contributed by atoms with Gasteiger partial charge < -0.3 is 10.4 Å². The van der Waals surface area contributed by atoms with Gasteiger partial charge in [-0.1, -0.05) is 31.0 Å². The minimum atomic E-state index is 0.112. The van der Waals surface area contributed by atoms with Gasteiger partial charge in [-0.25, -0.2) is 0 Å². The number of para-hydroxylation sites is 1. The highest BCUT2D eigenvalue weighted by molar-refractivity contribution is 5.51. The normalized spacial score (nSPS) is 18.6. The van der Waals surface area contributed by atoms with Gasteiger partial charge in [-0.05, 0) is 31.7 Å². The Bertz CT molecular complexity index is 331. The summed E-state index contributed by atoms with van der Waals surface area (Å²) in [5.74, 6) is 0.798. The Labute approximate surface area is 97.7 Å². The Balaban J connectivity index is 2.01. The lowest BCUT2D eigenvalue weighted by molar-refractivity contribution is 0.282. The molecule has 16 heavy (non-hydrogen) atoms. The molecule has 2 N–H and O–H groups in total. The maximum atomic E-state index is 9.26. The Morgan fingerprint density at radius 3 is 2.69 bits per heavy atom. The van der Waals surface area contributed by atoms with Crippen molar-refractivity contribution < 1.29 is 5.11 Å². The molecule has 2 nitrogen and oxygen atoms in total. The number of anilines is 1. The molecule has 0 spiro atoms. The highest BCUT2D eigenvalue weighted by Crippen LogP contribution is 2.29. The van der Waals surface area contributed by atoms with Gasteiger partial charge in [0, 0.05) is 17.3 Å². The summed E-state index contributed by atoms with van der Waals surface area (Å²) in [6.07, 6.45) is 5.43. The number of rotatable bonds is 4. The molecular formula is C14H21NO. The molecule has 1 atom stereocenters. The van der Waals surface area contributed by atoms with Crippen LogP contribution in [0.3, 0.4) is 0 Å². The first-order valence-electron chi connectivity index (χ1n) is 6.26. The van der Waals surface area contributed by atoms with Crippen LogP contribution in [0.15, 0.2) is 24.3 Å². The zero-order chi connectivity index (χ0) is 11.4. The SMILES string of the molecule is CC(Nc1ccccc1CO)C1CCCC1. The fraction of sp³-hybridized carbons (Fsp3) is 0.571. The molecule has 1 aliphatic rings. The smallest absolute Gasteiger partial charge is 0.0701 e. The first kappa shape index (κ1) is 11.5. The zero-order valence-electron chi connectivity index (χ0n) is 9.95. The molecule has 88 valence electrons. The predicted octanol–water partition coefficient (Wildman–Crippen LogP) is 3.17. The van der Waals surface area contributed by atoms with Gasteiger partial charge in [-0.15, -0.1) is 0 Å². The number of hydrogen-bond acceptors (Lipinski definition) is 2. The number of aliphatic hydroxyl groups excluding tert-OH is 1. The highest BCUT2D eigenvalue weighted by Gasteiger charge is 2.21. The van der Waals surface area contributed by atoms with Gasteiger partial charge in [0.25, 0.3) is 0 Å². The van der Waals surface area contributed by atoms with Gasteiger partial charge in [-0.3, -0.25) is 0 Å². The summed E-state index contributed by atoms with van der Waals surface area (Å²) in [6, 6.07) is 8.52. The van der Waals surface area contributed by atoms with Crippen LogP contribution in [0.5, 0.6) is 0 Å². The van der Waals surface area contributed by atoms with Crippen LogP contribution in [-0.2, 0) is 6.61 Å². The van der Waals surface area contributed by atoms with Gasteiger partial charge in [0.2, 0.25) is 0 Å². The van der Waals surface area contributed by atoms with Gasteiger partial charge in [-0.2, -0.15) is 0 Å². The molecule has 0 aromatic heterocycles. The van der Waals surface area contributed by atoms with Crippen molar-refractivity contribution in [3.05, 3.63) is 29.8 Å². The van der Waals surface area contributed by atoms with Gasteiger partial charge in [0.15, 0.2) is 0 Å². The van der Waals surface area contributed by atoms with Crippen molar-refractivity contribution in [2.24, 2.45) is 5.92 Å². The van der Waals surface area contributed by atoms with Crippen LogP contribution < -0.4 is 5.32 Å². The average Bonchev–Trinajstić information content (AvgIpc) is 2.83. The minimum Gasteiger partial charge on any atom is -0.392 e. The van der Waals surface area contributed by atoms with Crippen LogP contribution >= 0.6 is 0 Å². The molecule has 0 radical (unpaired) electrons. The van der Waals surface area contributed by atoms with Crippen molar-refractivity contribution in [2.75, 3.05) is 5.32 Å². The van der Waals surface area contributed by atoms with E-state index in [9.17, 15) is 5.11 Å². The van der Waals surface area contributed by atoms with Crippen LogP contribution in [0.4, 0.5) is 5.69 Å². The van der Waals surface area contributed by atoms with E-state index in [-0.39, 0.29) is 6.61 Å². The first-order chi connectivity index (χ1) is 7.81. The van der Waals surface area contributed by atoms with Gasteiger partial charge in [0.05, 0.1) is 6.61 Å². The molecule has 0 amide bonds. The van der Waals surface area contributed by atoms with E-state index < -0.39 is 0 Å². The lowest BCUT2D eigenvalue weighted by Gasteiger charge is -2.22. The van der Waals surface area contributed by atoms with Crippen LogP contribution in [0.25, 0.3) is 0 Å². The quantitative estimate of drug-likeness (QED) is 0.815. The number of nitrogens with one attached hydrogen (secondary N) is 1. The molecule has 0 aliphatic heterocycles. The van der Waals surface area contributed by atoms with Crippen LogP contribution in [0.2, 0.25) is 0 Å². The van der Waals surface area contributed by atoms with E-state index in [1.165, 1.54) is 25.7 Å². The van der Waals surface area contributed by atoms with Crippen molar-refractivity contribution >= 4 is 5.69 Å². The highest BCUT2D eigenvalue weighted by atomic mass is 16.3. The lowest BCUT2D eigenvalue weighted by atomic mass is 9.99. The average molecular weight is 219 g/mol. The largest absolute Gasteiger partial charge is 0.392 e. The molecule has 1 fully saturated rings. The second kappa shape index (κ2) is 5.35. The number of hydrogen-bond donors (Lipinski definition) is 2. The zero-order valence-corrected chi connectivity index (χ0v) is 9.95. The molecule has 0 saturated heterocycles. The van der Waals surface area contributed by atoms with Gasteiger partial charge in [0.1, 0.15) is 0 Å². The summed E-state index contributed by atoms with van der Waals surface area (Å²) in [7, 11) is 0. The van der Waals surface area contributed by atoms with Crippen molar-refractivity contribution in [3.63, 3.8) is 0 Å². The minimum absolute atomic E-state index is 0.112. The molecular weight excluding hydrogens is 198 g/mol. The van der Waals surface area contributed by atoms with E-state index in [0.717, 1.165) is 17.2 Å². The molecule has 1 unspecified atom stereocenters. The fourth-order valence-electron chi connectivity index (χ4n) is 2.62. The topological polar surface area (TPSA) is 32.3 Å². The van der Waals surface area contributed by atoms with Crippen molar-refractivity contribution in [2.45, 2.75) is 45.3 Å². The third kappa shape index (κ3) is 2.56. The van der Waals surface area contributed by atoms with Crippen molar-refractivity contribution in [1.29, 1.82) is 0 Å². The summed E-state index contributed by atoms with van der Waals surface area (Å²) in [5, 5.41) is 12.8. The molecule has 1 aromatic rings. The second-order valence-corrected chi connectivity index (χ2v) is 4.79. The monoisotopic (exact) mass is 219 g/mol. The van der Waals surface area contributed by atoms with E-state index in [2.05, 4.69) is 18.3 Å². The maximum Gasteiger partial charge on any atom is 0.0701 e. The fourth-order valence-corrected chi connectivity index (χ4v) is 2.62. The predicted molar refractivity (Wildman–Crippen MR) is 67.4 cm³/mol. The van der Waals surface area contributed by atoms with Crippen LogP contribution in [-0.4, -0.2) is 11.1 Å². The Morgan fingerprint density at radius 1 is 1.31 bits per heavy atom. The molecule has 1 aromatic carbocycles. The summed E-state index contributed by atoms with van der Waals surface area (Å²) in [6.45, 7) is 2.37. The summed E-state index contributed by atoms with van der Waals surface area (Å²) in [4.78, 5) is 0. The number of benzene rings is 1. The molecule has 0 heterocycles. The Hall–Kier alpha value is -1.02. The van der Waals surface area contributed by atoms with E-state index >= 15 is 0 Å². The van der Waals surface area contributed by atoms with E-state index in [4.69, 9.17) is 0 Å². The molecule has 1 aliphatic carbocycles. The van der Waals surface area contributed by atoms with Crippen molar-refractivity contribution in [3.8, 4) is 0 Å².